The molecule has 1 aliphatic heterocycles. The maximum atomic E-state index is 6.50. The van der Waals surface area contributed by atoms with E-state index in [2.05, 4.69) is 40.2 Å². The van der Waals surface area contributed by atoms with E-state index in [-0.39, 0.29) is 0 Å². The van der Waals surface area contributed by atoms with Gasteiger partial charge in [0.15, 0.2) is 0 Å². The average molecular weight is 381 g/mol. The van der Waals surface area contributed by atoms with Gasteiger partial charge in [0.25, 0.3) is 0 Å². The van der Waals surface area contributed by atoms with Crippen molar-refractivity contribution in [2.45, 2.75) is 6.42 Å². The van der Waals surface area contributed by atoms with Crippen molar-refractivity contribution >= 4 is 45.6 Å². The third kappa shape index (κ3) is 2.37. The third-order valence-electron chi connectivity index (χ3n) is 4.78. The molecule has 0 saturated heterocycles. The predicted molar refractivity (Wildman–Crippen MR) is 106 cm³/mol. The molecule has 0 amide bonds. The van der Waals surface area contributed by atoms with Gasteiger partial charge in [-0.15, -0.1) is 0 Å². The quantitative estimate of drug-likeness (QED) is 0.465. The van der Waals surface area contributed by atoms with Crippen LogP contribution >= 0.6 is 23.2 Å². The van der Waals surface area contributed by atoms with Crippen LogP contribution in [0.25, 0.3) is 16.6 Å². The van der Waals surface area contributed by atoms with Crippen LogP contribution in [-0.2, 0) is 6.42 Å². The van der Waals surface area contributed by atoms with Crippen LogP contribution in [0.5, 0.6) is 0 Å². The molecule has 0 atom stereocenters. The molecule has 3 heterocycles. The maximum Gasteiger partial charge on any atom is 0.135 e. The van der Waals surface area contributed by atoms with Crippen molar-refractivity contribution in [3.05, 3.63) is 76.8 Å². The minimum Gasteiger partial charge on any atom is -0.326 e. The Bertz CT molecular complexity index is 1120. The van der Waals surface area contributed by atoms with E-state index in [0.29, 0.717) is 15.6 Å². The fourth-order valence-corrected chi connectivity index (χ4v) is 3.89. The molecule has 26 heavy (non-hydrogen) atoms. The first-order chi connectivity index (χ1) is 12.7. The van der Waals surface area contributed by atoms with Crippen molar-refractivity contribution < 1.29 is 0 Å². The lowest BCUT2D eigenvalue weighted by molar-refractivity contribution is 0.973. The summed E-state index contributed by atoms with van der Waals surface area (Å²) in [4.78, 5) is 11.3. The SMILES string of the molecule is Clc1ccc2c(-n3ccnc3)cc(N3CCc4ccccc43)nc2c1Cl. The Kier molecular flexibility index (Phi) is 3.62. The first-order valence-electron chi connectivity index (χ1n) is 8.35. The minimum atomic E-state index is 0.472. The summed E-state index contributed by atoms with van der Waals surface area (Å²) in [5, 5.41) is 1.91. The maximum absolute atomic E-state index is 6.50. The van der Waals surface area contributed by atoms with Crippen LogP contribution in [0.1, 0.15) is 5.56 Å². The van der Waals surface area contributed by atoms with Gasteiger partial charge in [-0.3, -0.25) is 0 Å². The van der Waals surface area contributed by atoms with E-state index in [4.69, 9.17) is 28.2 Å². The summed E-state index contributed by atoms with van der Waals surface area (Å²) in [6, 6.07) is 14.3. The molecule has 4 aromatic rings. The van der Waals surface area contributed by atoms with Crippen LogP contribution in [0.4, 0.5) is 11.5 Å². The zero-order chi connectivity index (χ0) is 17.7. The molecule has 0 fully saturated rings. The molecule has 1 aliphatic rings. The first kappa shape index (κ1) is 15.7. The molecule has 0 unspecified atom stereocenters. The molecule has 0 spiro atoms. The molecule has 128 valence electrons. The smallest absolute Gasteiger partial charge is 0.135 e. The number of benzene rings is 2. The Morgan fingerprint density at radius 2 is 1.88 bits per heavy atom. The van der Waals surface area contributed by atoms with Crippen LogP contribution in [0.2, 0.25) is 10.0 Å². The Labute approximate surface area is 160 Å². The number of fused-ring (bicyclic) bond motifs is 2. The van der Waals surface area contributed by atoms with Crippen LogP contribution in [0.3, 0.4) is 0 Å². The van der Waals surface area contributed by atoms with Gasteiger partial charge in [0, 0.05) is 36.1 Å². The summed E-state index contributed by atoms with van der Waals surface area (Å²) < 4.78 is 1.97. The first-order valence-corrected chi connectivity index (χ1v) is 9.10. The fraction of sp³-hybridized carbons (Fsp3) is 0.100. The predicted octanol–water partition coefficient (Wildman–Crippen LogP) is 5.42. The molecule has 0 N–H and O–H groups in total. The van der Waals surface area contributed by atoms with Gasteiger partial charge in [0.1, 0.15) is 5.82 Å². The van der Waals surface area contributed by atoms with Crippen LogP contribution in [0.15, 0.2) is 61.2 Å². The van der Waals surface area contributed by atoms with Crippen molar-refractivity contribution in [2.24, 2.45) is 0 Å². The monoisotopic (exact) mass is 380 g/mol. The standard InChI is InChI=1S/C20H14Cl2N4/c21-15-6-5-14-17(25-10-8-23-12-25)11-18(24-20(14)19(15)22)26-9-7-13-3-1-2-4-16(13)26/h1-6,8,10-12H,7,9H2. The third-order valence-corrected chi connectivity index (χ3v) is 5.58. The van der Waals surface area contributed by atoms with Gasteiger partial charge in [-0.05, 0) is 30.2 Å². The van der Waals surface area contributed by atoms with E-state index in [9.17, 15) is 0 Å². The topological polar surface area (TPSA) is 34.0 Å². The number of halogens is 2. The highest BCUT2D eigenvalue weighted by molar-refractivity contribution is 6.45. The van der Waals surface area contributed by atoms with E-state index in [1.54, 1.807) is 18.6 Å². The lowest BCUT2D eigenvalue weighted by atomic mass is 10.1. The summed E-state index contributed by atoms with van der Waals surface area (Å²) in [5.74, 6) is 0.857. The summed E-state index contributed by atoms with van der Waals surface area (Å²) in [5.41, 5.74) is 4.19. The zero-order valence-electron chi connectivity index (χ0n) is 13.7. The molecule has 0 radical (unpaired) electrons. The summed E-state index contributed by atoms with van der Waals surface area (Å²) in [7, 11) is 0. The molecule has 5 rings (SSSR count). The molecule has 2 aromatic heterocycles. The van der Waals surface area contributed by atoms with E-state index in [1.165, 1.54) is 11.3 Å². The number of aromatic nitrogens is 3. The number of hydrogen-bond acceptors (Lipinski definition) is 3. The normalized spacial score (nSPS) is 13.4. The molecule has 0 aliphatic carbocycles. The second kappa shape index (κ2) is 6.01. The van der Waals surface area contributed by atoms with Crippen molar-refractivity contribution in [3.8, 4) is 5.69 Å². The Hall–Kier alpha value is -2.56. The summed E-state index contributed by atoms with van der Waals surface area (Å²) in [6.07, 6.45) is 6.45. The van der Waals surface area contributed by atoms with E-state index < -0.39 is 0 Å². The second-order valence-corrected chi connectivity index (χ2v) is 7.04. The Balaban J connectivity index is 1.78. The number of para-hydroxylation sites is 1. The highest BCUT2D eigenvalue weighted by Crippen LogP contribution is 2.38. The molecular weight excluding hydrogens is 367 g/mol. The lowest BCUT2D eigenvalue weighted by Crippen LogP contribution is -2.15. The number of nitrogens with zero attached hydrogens (tertiary/aromatic N) is 4. The number of hydrogen-bond donors (Lipinski definition) is 0. The van der Waals surface area contributed by atoms with Gasteiger partial charge in [-0.2, -0.15) is 0 Å². The number of rotatable bonds is 2. The number of imidazole rings is 1. The van der Waals surface area contributed by atoms with Crippen molar-refractivity contribution in [1.82, 2.24) is 14.5 Å². The summed E-state index contributed by atoms with van der Waals surface area (Å²) >= 11 is 12.8. The van der Waals surface area contributed by atoms with Crippen LogP contribution in [-0.4, -0.2) is 21.1 Å². The molecule has 0 saturated carbocycles. The Morgan fingerprint density at radius 3 is 2.73 bits per heavy atom. The van der Waals surface area contributed by atoms with Gasteiger partial charge >= 0.3 is 0 Å². The molecule has 0 bridgehead atoms. The average Bonchev–Trinajstić information content (AvgIpc) is 3.34. The molecule has 2 aromatic carbocycles. The van der Waals surface area contributed by atoms with E-state index in [0.717, 1.165) is 29.9 Å². The van der Waals surface area contributed by atoms with Gasteiger partial charge in [0.05, 0.1) is 27.6 Å². The Morgan fingerprint density at radius 1 is 1.00 bits per heavy atom. The summed E-state index contributed by atoms with van der Waals surface area (Å²) in [6.45, 7) is 0.888. The van der Waals surface area contributed by atoms with Crippen molar-refractivity contribution in [1.29, 1.82) is 0 Å². The van der Waals surface area contributed by atoms with Gasteiger partial charge in [0.2, 0.25) is 0 Å². The molecule has 6 heteroatoms. The number of anilines is 2. The molecule has 4 nitrogen and oxygen atoms in total. The largest absolute Gasteiger partial charge is 0.326 e. The van der Waals surface area contributed by atoms with E-state index >= 15 is 0 Å². The van der Waals surface area contributed by atoms with Crippen molar-refractivity contribution in [3.63, 3.8) is 0 Å². The minimum absolute atomic E-state index is 0.472. The van der Waals surface area contributed by atoms with Crippen molar-refractivity contribution in [2.75, 3.05) is 11.4 Å². The van der Waals surface area contributed by atoms with Crippen LogP contribution in [0, 0.1) is 0 Å². The zero-order valence-corrected chi connectivity index (χ0v) is 15.2. The second-order valence-electron chi connectivity index (χ2n) is 6.26. The van der Waals surface area contributed by atoms with Gasteiger partial charge in [-0.1, -0.05) is 41.4 Å². The van der Waals surface area contributed by atoms with Gasteiger partial charge < -0.3 is 9.47 Å². The van der Waals surface area contributed by atoms with E-state index in [1.807, 2.05) is 16.8 Å². The highest BCUT2D eigenvalue weighted by atomic mass is 35.5. The molecular formula is C20H14Cl2N4. The van der Waals surface area contributed by atoms with Gasteiger partial charge in [-0.25, -0.2) is 9.97 Å². The van der Waals surface area contributed by atoms with Crippen LogP contribution < -0.4 is 4.90 Å². The number of pyridine rings is 1. The highest BCUT2D eigenvalue weighted by Gasteiger charge is 2.23. The lowest BCUT2D eigenvalue weighted by Gasteiger charge is -2.21. The fourth-order valence-electron chi connectivity index (χ4n) is 3.53.